The van der Waals surface area contributed by atoms with Crippen molar-refractivity contribution >= 4 is 18.1 Å². The van der Waals surface area contributed by atoms with Crippen LogP contribution in [0.1, 0.15) is 43.2 Å². The maximum Gasteiger partial charge on any atom is 0.269 e. The molecule has 2 atom stereocenters. The Labute approximate surface area is 171 Å². The number of likely N-dealkylation sites (tertiary alicyclic amines) is 1. The van der Waals surface area contributed by atoms with E-state index in [0.717, 1.165) is 37.9 Å². The van der Waals surface area contributed by atoms with Gasteiger partial charge in [-0.15, -0.1) is 12.4 Å². The lowest BCUT2D eigenvalue weighted by Crippen LogP contribution is -2.52. The monoisotopic (exact) mass is 402 g/mol. The number of aromatic hydroxyl groups is 1. The van der Waals surface area contributed by atoms with E-state index in [-0.39, 0.29) is 28.4 Å². The van der Waals surface area contributed by atoms with Crippen LogP contribution in [0.4, 0.5) is 5.69 Å². The summed E-state index contributed by atoms with van der Waals surface area (Å²) >= 11 is 0. The van der Waals surface area contributed by atoms with Gasteiger partial charge in [0.2, 0.25) is 0 Å². The number of nitro benzene ring substituents is 1. The largest absolute Gasteiger partial charge is 0.508 e. The lowest BCUT2D eigenvalue weighted by Gasteiger charge is -2.51. The zero-order valence-corrected chi connectivity index (χ0v) is 16.7. The first kappa shape index (κ1) is 20.6. The molecule has 2 fully saturated rings. The number of fused-ring (bicyclic) bond motifs is 2. The summed E-state index contributed by atoms with van der Waals surface area (Å²) in [4.78, 5) is 13.2. The smallest absolute Gasteiger partial charge is 0.269 e. The van der Waals surface area contributed by atoms with Crippen molar-refractivity contribution in [2.45, 2.75) is 50.0 Å². The highest BCUT2D eigenvalue weighted by molar-refractivity contribution is 5.85. The van der Waals surface area contributed by atoms with Gasteiger partial charge >= 0.3 is 0 Å². The van der Waals surface area contributed by atoms with E-state index in [1.54, 1.807) is 24.3 Å². The molecule has 2 aliphatic rings. The second kappa shape index (κ2) is 8.50. The average molecular weight is 403 g/mol. The molecule has 1 saturated heterocycles. The summed E-state index contributed by atoms with van der Waals surface area (Å²) in [6.45, 7) is 2.00. The van der Waals surface area contributed by atoms with Gasteiger partial charge in [0.25, 0.3) is 5.69 Å². The quantitative estimate of drug-likeness (QED) is 0.573. The van der Waals surface area contributed by atoms with Crippen molar-refractivity contribution in [1.82, 2.24) is 4.90 Å². The van der Waals surface area contributed by atoms with E-state index in [1.165, 1.54) is 24.8 Å². The SMILES string of the molecule is Cl.O=[N+]([O-])c1cccc(CCN2CC[C@@]3(c4cccc(O)c4)CCC[C@@H]2C3)c1. The van der Waals surface area contributed by atoms with Crippen LogP contribution in [0.25, 0.3) is 0 Å². The molecule has 2 aromatic rings. The fourth-order valence-corrected chi connectivity index (χ4v) is 5.05. The van der Waals surface area contributed by atoms with Crippen LogP contribution in [0.5, 0.6) is 5.75 Å². The van der Waals surface area contributed by atoms with Gasteiger partial charge in [0.1, 0.15) is 5.75 Å². The maximum absolute atomic E-state index is 11.0. The van der Waals surface area contributed by atoms with E-state index in [4.69, 9.17) is 0 Å². The third-order valence-electron chi connectivity index (χ3n) is 6.48. The number of nitro groups is 1. The van der Waals surface area contributed by atoms with Gasteiger partial charge in [-0.3, -0.25) is 15.0 Å². The van der Waals surface area contributed by atoms with Crippen molar-refractivity contribution in [3.63, 3.8) is 0 Å². The molecule has 28 heavy (non-hydrogen) atoms. The van der Waals surface area contributed by atoms with Crippen molar-refractivity contribution in [1.29, 1.82) is 0 Å². The fourth-order valence-electron chi connectivity index (χ4n) is 5.05. The molecule has 4 rings (SSSR count). The van der Waals surface area contributed by atoms with Crippen molar-refractivity contribution in [3.8, 4) is 5.75 Å². The third-order valence-corrected chi connectivity index (χ3v) is 6.48. The Hall–Kier alpha value is -2.11. The van der Waals surface area contributed by atoms with Crippen LogP contribution in [0.2, 0.25) is 0 Å². The van der Waals surface area contributed by atoms with Crippen molar-refractivity contribution in [3.05, 3.63) is 69.8 Å². The summed E-state index contributed by atoms with van der Waals surface area (Å²) in [5, 5.41) is 20.9. The minimum absolute atomic E-state index is 0. The molecule has 2 bridgehead atoms. The van der Waals surface area contributed by atoms with Gasteiger partial charge in [0.15, 0.2) is 0 Å². The summed E-state index contributed by atoms with van der Waals surface area (Å²) in [6.07, 6.45) is 6.74. The highest BCUT2D eigenvalue weighted by Gasteiger charge is 2.43. The first-order valence-electron chi connectivity index (χ1n) is 9.83. The molecule has 1 saturated carbocycles. The Bertz CT molecular complexity index is 844. The van der Waals surface area contributed by atoms with Gasteiger partial charge < -0.3 is 5.11 Å². The molecule has 0 aromatic heterocycles. The zero-order chi connectivity index (χ0) is 18.9. The summed E-state index contributed by atoms with van der Waals surface area (Å²) in [7, 11) is 0. The summed E-state index contributed by atoms with van der Waals surface area (Å²) in [5.74, 6) is 0.358. The average Bonchev–Trinajstić information content (AvgIpc) is 2.68. The zero-order valence-electron chi connectivity index (χ0n) is 15.9. The van der Waals surface area contributed by atoms with Crippen molar-refractivity contribution in [2.75, 3.05) is 13.1 Å². The van der Waals surface area contributed by atoms with Crippen molar-refractivity contribution in [2.24, 2.45) is 0 Å². The third kappa shape index (κ3) is 4.15. The number of hydrogen-bond donors (Lipinski definition) is 1. The number of non-ortho nitro benzene ring substituents is 1. The number of halogens is 1. The molecule has 150 valence electrons. The van der Waals surface area contributed by atoms with Gasteiger partial charge in [-0.25, -0.2) is 0 Å². The van der Waals surface area contributed by atoms with E-state index in [1.807, 2.05) is 18.2 Å². The molecule has 1 aliphatic heterocycles. The van der Waals surface area contributed by atoms with Gasteiger partial charge in [-0.2, -0.15) is 0 Å². The number of hydrogen-bond acceptors (Lipinski definition) is 4. The van der Waals surface area contributed by atoms with Gasteiger partial charge in [-0.05, 0) is 67.3 Å². The topological polar surface area (TPSA) is 66.6 Å². The minimum Gasteiger partial charge on any atom is -0.508 e. The molecule has 2 aromatic carbocycles. The predicted octanol–water partition coefficient (Wildman–Crippen LogP) is 4.85. The van der Waals surface area contributed by atoms with Crippen LogP contribution in [-0.2, 0) is 11.8 Å². The van der Waals surface area contributed by atoms with Crippen LogP contribution >= 0.6 is 12.4 Å². The molecule has 0 unspecified atom stereocenters. The molecule has 1 heterocycles. The molecule has 0 radical (unpaired) electrons. The first-order chi connectivity index (χ1) is 13.1. The second-order valence-electron chi connectivity index (χ2n) is 8.04. The van der Waals surface area contributed by atoms with Crippen LogP contribution in [0.15, 0.2) is 48.5 Å². The number of nitrogens with zero attached hydrogens (tertiary/aromatic N) is 2. The van der Waals surface area contributed by atoms with Crippen LogP contribution < -0.4 is 0 Å². The highest BCUT2D eigenvalue weighted by atomic mass is 35.5. The highest BCUT2D eigenvalue weighted by Crippen LogP contribution is 2.47. The number of phenolic OH excluding ortho intramolecular Hbond substituents is 1. The Kier molecular flexibility index (Phi) is 6.26. The van der Waals surface area contributed by atoms with E-state index in [0.29, 0.717) is 11.8 Å². The van der Waals surface area contributed by atoms with Crippen LogP contribution in [0, 0.1) is 10.1 Å². The second-order valence-corrected chi connectivity index (χ2v) is 8.04. The maximum atomic E-state index is 11.0. The number of rotatable bonds is 5. The lowest BCUT2D eigenvalue weighted by molar-refractivity contribution is -0.384. The molecule has 6 heteroatoms. The molecule has 5 nitrogen and oxygen atoms in total. The Balaban J connectivity index is 0.00000225. The lowest BCUT2D eigenvalue weighted by atomic mass is 9.63. The normalized spacial score (nSPS) is 24.4. The fraction of sp³-hybridized carbons (Fsp3) is 0.455. The van der Waals surface area contributed by atoms with Gasteiger partial charge in [0.05, 0.1) is 4.92 Å². The van der Waals surface area contributed by atoms with Gasteiger partial charge in [0, 0.05) is 24.7 Å². The molecule has 1 aliphatic carbocycles. The molecule has 0 spiro atoms. The first-order valence-corrected chi connectivity index (χ1v) is 9.83. The van der Waals surface area contributed by atoms with E-state index >= 15 is 0 Å². The summed E-state index contributed by atoms with van der Waals surface area (Å²) in [5.41, 5.74) is 2.69. The summed E-state index contributed by atoms with van der Waals surface area (Å²) in [6, 6.07) is 15.4. The molecule has 1 N–H and O–H groups in total. The molecular weight excluding hydrogens is 376 g/mol. The molecular formula is C22H27ClN2O3. The van der Waals surface area contributed by atoms with Gasteiger partial charge in [-0.1, -0.05) is 30.7 Å². The van der Waals surface area contributed by atoms with Crippen LogP contribution in [0.3, 0.4) is 0 Å². The number of phenols is 1. The number of benzene rings is 2. The minimum atomic E-state index is -0.324. The van der Waals surface area contributed by atoms with Crippen LogP contribution in [-0.4, -0.2) is 34.1 Å². The Morgan fingerprint density at radius 2 is 2.00 bits per heavy atom. The summed E-state index contributed by atoms with van der Waals surface area (Å²) < 4.78 is 0. The standard InChI is InChI=1S/C22H26N2O3.ClH/c25-21-8-2-5-18(15-21)22-10-3-7-20(16-22)23(13-11-22)12-9-17-4-1-6-19(14-17)24(26)27;/h1-2,4-6,8,14-15,20,25H,3,7,9-13,16H2;1H/t20-,22+;/m1./s1. The van der Waals surface area contributed by atoms with Crippen molar-refractivity contribution < 1.29 is 10.0 Å². The number of piperidine rings is 1. The Morgan fingerprint density at radius 3 is 2.79 bits per heavy atom. The van der Waals surface area contributed by atoms with E-state index < -0.39 is 0 Å². The van der Waals surface area contributed by atoms with E-state index in [2.05, 4.69) is 11.0 Å². The molecule has 0 amide bonds. The van der Waals surface area contributed by atoms with E-state index in [9.17, 15) is 15.2 Å². The Morgan fingerprint density at radius 1 is 1.18 bits per heavy atom. The predicted molar refractivity (Wildman–Crippen MR) is 112 cm³/mol.